The number of ether oxygens (including phenoxy) is 4. The lowest BCUT2D eigenvalue weighted by Gasteiger charge is -2.21. The van der Waals surface area contributed by atoms with E-state index in [4.69, 9.17) is 37.0 Å². The Morgan fingerprint density at radius 3 is 0.676 bits per heavy atom. The summed E-state index contributed by atoms with van der Waals surface area (Å²) < 4.78 is 68.9. The molecule has 0 fully saturated rings. The third-order valence-electron chi connectivity index (χ3n) is 20.8. The molecule has 0 saturated heterocycles. The van der Waals surface area contributed by atoms with Crippen molar-refractivity contribution in [1.82, 2.24) is 0 Å². The van der Waals surface area contributed by atoms with E-state index in [2.05, 4.69) is 55.4 Å². The quantitative estimate of drug-likeness (QED) is 0.0222. The number of unbranched alkanes of at least 4 members (excludes halogenated alkanes) is 47. The Morgan fingerprint density at radius 2 is 0.457 bits per heavy atom. The van der Waals surface area contributed by atoms with Crippen LogP contribution in [0.15, 0.2) is 0 Å². The average molecular weight is 1540 g/mol. The summed E-state index contributed by atoms with van der Waals surface area (Å²) in [7, 11) is -9.93. The largest absolute Gasteiger partial charge is 0.472 e. The number of phosphoric ester groups is 2. The van der Waals surface area contributed by atoms with Crippen LogP contribution >= 0.6 is 15.6 Å². The highest BCUT2D eigenvalue weighted by atomic mass is 31.2. The van der Waals surface area contributed by atoms with Gasteiger partial charge in [-0.3, -0.25) is 37.3 Å². The molecule has 0 aromatic rings. The van der Waals surface area contributed by atoms with Gasteiger partial charge < -0.3 is 33.8 Å². The Kier molecular flexibility index (Phi) is 73.4. The van der Waals surface area contributed by atoms with Crippen molar-refractivity contribution in [3.05, 3.63) is 0 Å². The number of rotatable bonds is 83. The molecule has 3 N–H and O–H groups in total. The molecule has 0 aromatic heterocycles. The molecule has 0 amide bonds. The van der Waals surface area contributed by atoms with E-state index in [9.17, 15) is 43.2 Å². The number of hydrogen-bond donors (Lipinski definition) is 3. The van der Waals surface area contributed by atoms with Gasteiger partial charge in [0.05, 0.1) is 26.4 Å². The predicted molar refractivity (Wildman–Crippen MR) is 432 cm³/mol. The fraction of sp³-hybridized carbons (Fsp3) is 0.953. The molecule has 7 atom stereocenters. The highest BCUT2D eigenvalue weighted by Crippen LogP contribution is 2.45. The van der Waals surface area contributed by atoms with Crippen molar-refractivity contribution in [3.8, 4) is 0 Å². The van der Waals surface area contributed by atoms with Gasteiger partial charge >= 0.3 is 39.5 Å². The molecule has 624 valence electrons. The van der Waals surface area contributed by atoms with Crippen molar-refractivity contribution in [2.75, 3.05) is 39.6 Å². The monoisotopic (exact) mass is 1540 g/mol. The zero-order chi connectivity index (χ0) is 77.4. The van der Waals surface area contributed by atoms with Crippen molar-refractivity contribution >= 4 is 39.5 Å². The van der Waals surface area contributed by atoms with Gasteiger partial charge in [-0.2, -0.15) is 0 Å². The molecule has 0 aliphatic carbocycles. The van der Waals surface area contributed by atoms with Crippen LogP contribution in [-0.2, 0) is 65.4 Å². The van der Waals surface area contributed by atoms with E-state index in [1.165, 1.54) is 244 Å². The van der Waals surface area contributed by atoms with E-state index in [1.54, 1.807) is 0 Å². The van der Waals surface area contributed by atoms with Crippen LogP contribution in [0.4, 0.5) is 0 Å². The first-order valence-corrected chi connectivity index (χ1v) is 47.3. The zero-order valence-electron chi connectivity index (χ0n) is 69.4. The molecular formula is C86H168O17P2. The van der Waals surface area contributed by atoms with E-state index >= 15 is 0 Å². The van der Waals surface area contributed by atoms with Crippen molar-refractivity contribution < 1.29 is 80.2 Å². The van der Waals surface area contributed by atoms with Crippen LogP contribution in [0.2, 0.25) is 0 Å². The third-order valence-corrected chi connectivity index (χ3v) is 22.7. The second-order valence-corrected chi connectivity index (χ2v) is 35.3. The Morgan fingerprint density at radius 1 is 0.267 bits per heavy atom. The van der Waals surface area contributed by atoms with E-state index in [-0.39, 0.29) is 25.7 Å². The highest BCUT2D eigenvalue weighted by Gasteiger charge is 2.31. The number of aliphatic hydroxyl groups excluding tert-OH is 1. The number of esters is 4. The second kappa shape index (κ2) is 74.8. The Balaban J connectivity index is 5.24. The minimum absolute atomic E-state index is 0.107. The smallest absolute Gasteiger partial charge is 0.462 e. The maximum absolute atomic E-state index is 13.1. The first-order chi connectivity index (χ1) is 50.7. The normalized spacial score (nSPS) is 14.4. The summed E-state index contributed by atoms with van der Waals surface area (Å²) in [5.41, 5.74) is 0. The first kappa shape index (κ1) is 103. The SMILES string of the molecule is CCC(C)CCCCCCCCCCCCCCCCC(=O)O[C@H](COC(=O)CCCCCCCCCCCCCCCCCCC(C)C)COP(=O)(O)OC[C@@H](O)COP(=O)(O)OC[C@@H](COC(=O)CCCCCCCCC(C)CC)OC(=O)CCCCCCCCCCCCCCCCCC(C)C. The average Bonchev–Trinajstić information content (AvgIpc) is 0.902. The molecule has 0 heterocycles. The molecule has 17 nitrogen and oxygen atoms in total. The highest BCUT2D eigenvalue weighted by molar-refractivity contribution is 7.47. The van der Waals surface area contributed by atoms with Gasteiger partial charge in [0.2, 0.25) is 0 Å². The van der Waals surface area contributed by atoms with Crippen molar-refractivity contribution in [2.45, 2.75) is 465 Å². The number of aliphatic hydroxyl groups is 1. The topological polar surface area (TPSA) is 237 Å². The van der Waals surface area contributed by atoms with Crippen molar-refractivity contribution in [3.63, 3.8) is 0 Å². The van der Waals surface area contributed by atoms with Crippen LogP contribution in [0, 0.1) is 23.7 Å². The Labute approximate surface area is 645 Å². The summed E-state index contributed by atoms with van der Waals surface area (Å²) in [6.45, 7) is 14.4. The molecule has 0 spiro atoms. The predicted octanol–water partition coefficient (Wildman–Crippen LogP) is 25.9. The molecule has 19 heteroatoms. The summed E-state index contributed by atoms with van der Waals surface area (Å²) in [6.07, 6.45) is 63.8. The summed E-state index contributed by atoms with van der Waals surface area (Å²) in [4.78, 5) is 73.2. The lowest BCUT2D eigenvalue weighted by molar-refractivity contribution is -0.161. The summed E-state index contributed by atoms with van der Waals surface area (Å²) in [6, 6.07) is 0. The van der Waals surface area contributed by atoms with Crippen LogP contribution in [-0.4, -0.2) is 96.7 Å². The van der Waals surface area contributed by atoms with Gasteiger partial charge in [0, 0.05) is 25.7 Å². The second-order valence-electron chi connectivity index (χ2n) is 32.4. The lowest BCUT2D eigenvalue weighted by atomic mass is 9.99. The van der Waals surface area contributed by atoms with Gasteiger partial charge in [-0.25, -0.2) is 9.13 Å². The van der Waals surface area contributed by atoms with Gasteiger partial charge in [-0.05, 0) is 49.4 Å². The van der Waals surface area contributed by atoms with Gasteiger partial charge in [0.25, 0.3) is 0 Å². The van der Waals surface area contributed by atoms with Gasteiger partial charge in [0.1, 0.15) is 19.3 Å². The summed E-state index contributed by atoms with van der Waals surface area (Å²) >= 11 is 0. The number of carbonyl (C=O) groups is 4. The minimum Gasteiger partial charge on any atom is -0.462 e. The third kappa shape index (κ3) is 77.2. The molecule has 0 aliphatic rings. The Hall–Kier alpha value is -1.94. The molecule has 105 heavy (non-hydrogen) atoms. The molecular weight excluding hydrogens is 1370 g/mol. The standard InChI is InChI=1S/C86H168O17P2/c1-9-78(7)64-56-48-40-34-28-22-18-19-25-31-37-43-53-61-68-85(90)102-81(72-96-83(88)66-58-50-41-35-29-23-16-12-11-14-20-26-32-38-46-54-62-76(3)4)74-100-104(92,93)98-70-80(87)71-99-105(94,95)101-75-82(73-97-84(89)67-59-51-45-44-49-57-65-79(8)10-2)103-86(91)69-60-52-42-36-30-24-17-13-15-21-27-33-39-47-55-63-77(5)6/h76-82,87H,9-75H2,1-8H3,(H,92,93)(H,94,95)/t78?,79?,80-,81-,82-/m1/s1. The molecule has 0 saturated carbocycles. The summed E-state index contributed by atoms with van der Waals surface area (Å²) in [5.74, 6) is 1.08. The maximum Gasteiger partial charge on any atom is 0.472 e. The molecule has 0 rings (SSSR count). The van der Waals surface area contributed by atoms with Gasteiger partial charge in [-0.15, -0.1) is 0 Å². The van der Waals surface area contributed by atoms with E-state index in [0.29, 0.717) is 25.7 Å². The van der Waals surface area contributed by atoms with Crippen molar-refractivity contribution in [2.24, 2.45) is 23.7 Å². The fourth-order valence-electron chi connectivity index (χ4n) is 13.3. The summed E-state index contributed by atoms with van der Waals surface area (Å²) in [5, 5.41) is 10.7. The van der Waals surface area contributed by atoms with E-state index in [0.717, 1.165) is 120 Å². The van der Waals surface area contributed by atoms with Crippen LogP contribution in [0.25, 0.3) is 0 Å². The molecule has 0 aliphatic heterocycles. The first-order valence-electron chi connectivity index (χ1n) is 44.3. The van der Waals surface area contributed by atoms with Crippen LogP contribution in [0.5, 0.6) is 0 Å². The zero-order valence-corrected chi connectivity index (χ0v) is 71.2. The Bertz CT molecular complexity index is 2050. The van der Waals surface area contributed by atoms with Crippen LogP contribution in [0.3, 0.4) is 0 Å². The maximum atomic E-state index is 13.1. The molecule has 0 bridgehead atoms. The number of phosphoric acid groups is 2. The van der Waals surface area contributed by atoms with Gasteiger partial charge in [0.15, 0.2) is 12.2 Å². The van der Waals surface area contributed by atoms with Gasteiger partial charge in [-0.1, -0.05) is 396 Å². The number of hydrogen-bond acceptors (Lipinski definition) is 15. The number of carbonyl (C=O) groups excluding carboxylic acids is 4. The van der Waals surface area contributed by atoms with Crippen LogP contribution in [0.1, 0.15) is 447 Å². The fourth-order valence-corrected chi connectivity index (χ4v) is 14.8. The lowest BCUT2D eigenvalue weighted by Crippen LogP contribution is -2.30. The molecule has 4 unspecified atom stereocenters. The van der Waals surface area contributed by atoms with E-state index < -0.39 is 97.5 Å². The van der Waals surface area contributed by atoms with Crippen molar-refractivity contribution in [1.29, 1.82) is 0 Å². The molecule has 0 aromatic carbocycles. The molecule has 0 radical (unpaired) electrons. The van der Waals surface area contributed by atoms with E-state index in [1.807, 2.05) is 0 Å². The minimum atomic E-state index is -4.97. The van der Waals surface area contributed by atoms with Crippen LogP contribution < -0.4 is 0 Å².